The zero-order chi connectivity index (χ0) is 19.1. The Morgan fingerprint density at radius 1 is 1.42 bits per heavy atom. The van der Waals surface area contributed by atoms with Gasteiger partial charge < -0.3 is 4.57 Å². The predicted molar refractivity (Wildman–Crippen MR) is 105 cm³/mol. The van der Waals surface area contributed by atoms with Crippen LogP contribution < -0.4 is 4.80 Å². The minimum Gasteiger partial charge on any atom is -0.312 e. The van der Waals surface area contributed by atoms with Gasteiger partial charge in [0.05, 0.1) is 16.5 Å². The van der Waals surface area contributed by atoms with Gasteiger partial charge in [-0.05, 0) is 43.9 Å². The van der Waals surface area contributed by atoms with Crippen molar-refractivity contribution < 1.29 is 13.2 Å². The number of aromatic nitrogens is 1. The van der Waals surface area contributed by atoms with E-state index >= 15 is 0 Å². The van der Waals surface area contributed by atoms with E-state index in [0.717, 1.165) is 27.6 Å². The van der Waals surface area contributed by atoms with Crippen LogP contribution in [0.1, 0.15) is 24.0 Å². The maximum Gasteiger partial charge on any atom is 0.266 e. The van der Waals surface area contributed by atoms with Gasteiger partial charge >= 0.3 is 0 Å². The summed E-state index contributed by atoms with van der Waals surface area (Å²) in [5.74, 6) is -0.397. The SMILES string of the molecule is C=CCn1c(=NC(=O)C2CCCN2S(C)(=O)=O)sc2c(C)cc(C)cc21. The minimum atomic E-state index is -3.41. The molecule has 2 heterocycles. The highest BCUT2D eigenvalue weighted by atomic mass is 32.2. The molecule has 2 aromatic rings. The van der Waals surface area contributed by atoms with E-state index in [9.17, 15) is 13.2 Å². The number of benzene rings is 1. The van der Waals surface area contributed by atoms with Crippen molar-refractivity contribution in [1.82, 2.24) is 8.87 Å². The number of carbonyl (C=O) groups is 1. The Kier molecular flexibility index (Phi) is 5.18. The van der Waals surface area contributed by atoms with E-state index in [0.29, 0.717) is 30.7 Å². The van der Waals surface area contributed by atoms with Gasteiger partial charge in [0, 0.05) is 13.1 Å². The van der Waals surface area contributed by atoms with Gasteiger partial charge in [-0.2, -0.15) is 9.30 Å². The molecule has 3 rings (SSSR count). The van der Waals surface area contributed by atoms with E-state index < -0.39 is 22.0 Å². The molecule has 1 aromatic heterocycles. The number of rotatable bonds is 4. The largest absolute Gasteiger partial charge is 0.312 e. The molecule has 1 aromatic carbocycles. The summed E-state index contributed by atoms with van der Waals surface area (Å²) in [6.45, 7) is 8.79. The Labute approximate surface area is 157 Å². The van der Waals surface area contributed by atoms with Crippen molar-refractivity contribution in [2.45, 2.75) is 39.3 Å². The Bertz CT molecular complexity index is 1050. The summed E-state index contributed by atoms with van der Waals surface area (Å²) in [7, 11) is -3.41. The van der Waals surface area contributed by atoms with Crippen molar-refractivity contribution in [2.75, 3.05) is 12.8 Å². The van der Waals surface area contributed by atoms with Crippen LogP contribution >= 0.6 is 11.3 Å². The van der Waals surface area contributed by atoms with E-state index in [-0.39, 0.29) is 0 Å². The van der Waals surface area contributed by atoms with E-state index in [1.165, 1.54) is 15.6 Å². The summed E-state index contributed by atoms with van der Waals surface area (Å²) in [6, 6.07) is 3.48. The van der Waals surface area contributed by atoms with Gasteiger partial charge in [-0.25, -0.2) is 8.42 Å². The quantitative estimate of drug-likeness (QED) is 0.749. The average Bonchev–Trinajstić information content (AvgIpc) is 3.14. The standard InChI is InChI=1S/C18H23N3O3S2/c1-5-8-20-15-11-12(2)10-13(3)16(15)25-18(20)19-17(22)14-7-6-9-21(14)26(4,23)24/h5,10-11,14H,1,6-9H2,2-4H3. The smallest absolute Gasteiger partial charge is 0.266 e. The summed E-state index contributed by atoms with van der Waals surface area (Å²) in [5, 5.41) is 0. The molecule has 0 spiro atoms. The first kappa shape index (κ1) is 19.0. The monoisotopic (exact) mass is 393 g/mol. The second-order valence-corrected chi connectivity index (χ2v) is 9.61. The van der Waals surface area contributed by atoms with Gasteiger partial charge in [0.2, 0.25) is 10.0 Å². The second-order valence-electron chi connectivity index (χ2n) is 6.70. The number of allylic oxidation sites excluding steroid dienone is 1. The molecule has 1 aliphatic rings. The summed E-state index contributed by atoms with van der Waals surface area (Å²) < 4.78 is 28.1. The number of amides is 1. The highest BCUT2D eigenvalue weighted by Gasteiger charge is 2.36. The predicted octanol–water partition coefficient (Wildman–Crippen LogP) is 2.36. The summed E-state index contributed by atoms with van der Waals surface area (Å²) in [5.41, 5.74) is 3.29. The number of fused-ring (bicyclic) bond motifs is 1. The molecule has 0 bridgehead atoms. The third kappa shape index (κ3) is 3.54. The topological polar surface area (TPSA) is 71.7 Å². The van der Waals surface area contributed by atoms with Crippen LogP contribution in [0.4, 0.5) is 0 Å². The number of thiazole rings is 1. The number of nitrogens with zero attached hydrogens (tertiary/aromatic N) is 3. The molecule has 0 N–H and O–H groups in total. The summed E-state index contributed by atoms with van der Waals surface area (Å²) >= 11 is 1.45. The van der Waals surface area contributed by atoms with Gasteiger partial charge in [0.1, 0.15) is 6.04 Å². The van der Waals surface area contributed by atoms with E-state index in [4.69, 9.17) is 0 Å². The van der Waals surface area contributed by atoms with Gasteiger partial charge in [-0.15, -0.1) is 6.58 Å². The lowest BCUT2D eigenvalue weighted by Gasteiger charge is -2.18. The fourth-order valence-electron chi connectivity index (χ4n) is 3.46. The molecule has 1 atom stereocenters. The molecule has 1 amide bonds. The van der Waals surface area contributed by atoms with Gasteiger partial charge in [0.25, 0.3) is 5.91 Å². The van der Waals surface area contributed by atoms with Crippen LogP contribution in [0.25, 0.3) is 10.2 Å². The zero-order valence-corrected chi connectivity index (χ0v) is 16.9. The Balaban J connectivity index is 2.12. The normalized spacial score (nSPS) is 19.3. The van der Waals surface area contributed by atoms with Crippen molar-refractivity contribution in [3.05, 3.63) is 40.7 Å². The fraction of sp³-hybridized carbons (Fsp3) is 0.444. The zero-order valence-electron chi connectivity index (χ0n) is 15.2. The molecule has 0 aliphatic carbocycles. The lowest BCUT2D eigenvalue weighted by Crippen LogP contribution is -2.39. The molecule has 8 heteroatoms. The van der Waals surface area contributed by atoms with Gasteiger partial charge in [-0.3, -0.25) is 4.79 Å². The van der Waals surface area contributed by atoms with Crippen LogP contribution in [-0.2, 0) is 21.4 Å². The lowest BCUT2D eigenvalue weighted by molar-refractivity contribution is -0.121. The van der Waals surface area contributed by atoms with Crippen LogP contribution in [-0.4, -0.2) is 42.0 Å². The van der Waals surface area contributed by atoms with E-state index in [1.54, 1.807) is 6.08 Å². The highest BCUT2D eigenvalue weighted by Crippen LogP contribution is 2.24. The molecule has 140 valence electrons. The minimum absolute atomic E-state index is 0.377. The molecule has 1 aliphatic heterocycles. The van der Waals surface area contributed by atoms with Crippen molar-refractivity contribution in [1.29, 1.82) is 0 Å². The number of aryl methyl sites for hydroxylation is 2. The Morgan fingerprint density at radius 2 is 2.15 bits per heavy atom. The highest BCUT2D eigenvalue weighted by molar-refractivity contribution is 7.88. The number of hydrogen-bond donors (Lipinski definition) is 0. The Morgan fingerprint density at radius 3 is 2.81 bits per heavy atom. The van der Waals surface area contributed by atoms with Crippen LogP contribution in [0.2, 0.25) is 0 Å². The molecular weight excluding hydrogens is 370 g/mol. The molecule has 0 saturated carbocycles. The van der Waals surface area contributed by atoms with Crippen molar-refractivity contribution >= 4 is 37.5 Å². The molecule has 1 fully saturated rings. The van der Waals surface area contributed by atoms with Gasteiger partial charge in [0.15, 0.2) is 4.80 Å². The lowest BCUT2D eigenvalue weighted by atomic mass is 10.1. The maximum atomic E-state index is 12.8. The molecule has 26 heavy (non-hydrogen) atoms. The first-order valence-electron chi connectivity index (χ1n) is 8.49. The maximum absolute atomic E-state index is 12.8. The number of carbonyl (C=O) groups excluding carboxylic acids is 1. The first-order chi connectivity index (χ1) is 12.2. The van der Waals surface area contributed by atoms with Crippen LogP contribution in [0.3, 0.4) is 0 Å². The van der Waals surface area contributed by atoms with Crippen LogP contribution in [0, 0.1) is 13.8 Å². The van der Waals surface area contributed by atoms with Crippen molar-refractivity contribution in [3.8, 4) is 0 Å². The van der Waals surface area contributed by atoms with Gasteiger partial charge in [-0.1, -0.05) is 23.5 Å². The van der Waals surface area contributed by atoms with Crippen LogP contribution in [0.5, 0.6) is 0 Å². The van der Waals surface area contributed by atoms with E-state index in [1.807, 2.05) is 18.4 Å². The molecule has 6 nitrogen and oxygen atoms in total. The third-order valence-electron chi connectivity index (χ3n) is 4.55. The molecule has 1 unspecified atom stereocenters. The van der Waals surface area contributed by atoms with Crippen molar-refractivity contribution in [3.63, 3.8) is 0 Å². The average molecular weight is 394 g/mol. The third-order valence-corrected chi connectivity index (χ3v) is 7.07. The van der Waals surface area contributed by atoms with E-state index in [2.05, 4.69) is 23.7 Å². The first-order valence-corrected chi connectivity index (χ1v) is 11.2. The second kappa shape index (κ2) is 7.09. The molecule has 1 saturated heterocycles. The van der Waals surface area contributed by atoms with Crippen molar-refractivity contribution in [2.24, 2.45) is 4.99 Å². The summed E-state index contributed by atoms with van der Waals surface area (Å²) in [4.78, 5) is 17.7. The number of sulfonamides is 1. The fourth-order valence-corrected chi connectivity index (χ4v) is 5.67. The number of hydrogen-bond acceptors (Lipinski definition) is 4. The molecule has 0 radical (unpaired) electrons. The van der Waals surface area contributed by atoms with Crippen LogP contribution in [0.15, 0.2) is 29.8 Å². The summed E-state index contributed by atoms with van der Waals surface area (Å²) in [6.07, 6.45) is 4.10. The Hall–Kier alpha value is -1.77. The molecular formula is C18H23N3O3S2.